The van der Waals surface area contributed by atoms with E-state index in [2.05, 4.69) is 42.0 Å². The first-order chi connectivity index (χ1) is 8.40. The van der Waals surface area contributed by atoms with Gasteiger partial charge in [-0.05, 0) is 43.9 Å². The zero-order chi connectivity index (χ0) is 13.7. The molecule has 0 bridgehead atoms. The molecule has 1 aromatic rings. The highest BCUT2D eigenvalue weighted by Gasteiger charge is 2.12. The molecule has 1 unspecified atom stereocenters. The Kier molecular flexibility index (Phi) is 5.66. The van der Waals surface area contributed by atoms with Crippen molar-refractivity contribution in [2.24, 2.45) is 5.92 Å². The lowest BCUT2D eigenvalue weighted by Crippen LogP contribution is -2.18. The van der Waals surface area contributed by atoms with Crippen molar-refractivity contribution < 1.29 is 9.90 Å². The molecule has 0 radical (unpaired) electrons. The molecule has 0 aliphatic heterocycles. The van der Waals surface area contributed by atoms with Gasteiger partial charge in [0.15, 0.2) is 0 Å². The van der Waals surface area contributed by atoms with Crippen LogP contribution >= 0.6 is 15.9 Å². The molecule has 1 rings (SSSR count). The van der Waals surface area contributed by atoms with E-state index in [0.717, 1.165) is 17.3 Å². The first-order valence-corrected chi connectivity index (χ1v) is 6.98. The van der Waals surface area contributed by atoms with Crippen LogP contribution in [0.25, 0.3) is 0 Å². The predicted octanol–water partition coefficient (Wildman–Crippen LogP) is 4.38. The molecule has 1 aromatic carbocycles. The number of hydrogen-bond donors (Lipinski definition) is 2. The van der Waals surface area contributed by atoms with Crippen LogP contribution in [-0.2, 0) is 0 Å². The normalized spacial score (nSPS) is 12.5. The molecule has 1 atom stereocenters. The van der Waals surface area contributed by atoms with Gasteiger partial charge in [0.1, 0.15) is 0 Å². The van der Waals surface area contributed by atoms with Gasteiger partial charge in [-0.1, -0.05) is 29.8 Å². The number of benzene rings is 1. The Morgan fingerprint density at radius 1 is 1.33 bits per heavy atom. The number of nitrogens with one attached hydrogen (secondary N) is 1. The molecule has 0 saturated carbocycles. The second-order valence-corrected chi connectivity index (χ2v) is 5.93. The monoisotopic (exact) mass is 313 g/mol. The van der Waals surface area contributed by atoms with Gasteiger partial charge in [0.25, 0.3) is 0 Å². The fourth-order valence-corrected chi connectivity index (χ4v) is 2.10. The Hall–Kier alpha value is -1.03. The Labute approximate surface area is 117 Å². The van der Waals surface area contributed by atoms with Gasteiger partial charge in [-0.25, -0.2) is 4.79 Å². The van der Waals surface area contributed by atoms with E-state index in [1.165, 1.54) is 0 Å². The van der Waals surface area contributed by atoms with Crippen molar-refractivity contribution in [2.45, 2.75) is 39.7 Å². The third kappa shape index (κ3) is 4.69. The molecule has 0 spiro atoms. The maximum Gasteiger partial charge on any atom is 0.337 e. The number of carbonyl (C=O) groups is 1. The fourth-order valence-electron chi connectivity index (χ4n) is 1.74. The van der Waals surface area contributed by atoms with E-state index in [0.29, 0.717) is 17.2 Å². The largest absolute Gasteiger partial charge is 0.478 e. The van der Waals surface area contributed by atoms with Gasteiger partial charge in [0.05, 0.1) is 11.3 Å². The summed E-state index contributed by atoms with van der Waals surface area (Å²) in [5.74, 6) is -0.239. The standard InChI is InChI=1S/C14H20BrNO2/c1-9(2)4-5-10(3)16-13-8-11(15)6-7-12(13)14(17)18/h6-10,16H,4-5H2,1-3H3,(H,17,18). The summed E-state index contributed by atoms with van der Waals surface area (Å²) in [4.78, 5) is 11.1. The molecule has 18 heavy (non-hydrogen) atoms. The van der Waals surface area contributed by atoms with E-state index in [4.69, 9.17) is 5.11 Å². The summed E-state index contributed by atoms with van der Waals surface area (Å²) in [6.45, 7) is 6.46. The molecule has 3 nitrogen and oxygen atoms in total. The summed E-state index contributed by atoms with van der Waals surface area (Å²) >= 11 is 3.36. The second-order valence-electron chi connectivity index (χ2n) is 5.01. The van der Waals surface area contributed by atoms with Crippen molar-refractivity contribution in [3.05, 3.63) is 28.2 Å². The number of carboxylic acid groups (broad SMARTS) is 1. The maximum absolute atomic E-state index is 11.1. The Bertz CT molecular complexity index is 418. The topological polar surface area (TPSA) is 49.3 Å². The summed E-state index contributed by atoms with van der Waals surface area (Å²) in [5.41, 5.74) is 0.989. The number of halogens is 1. The summed E-state index contributed by atoms with van der Waals surface area (Å²) in [7, 11) is 0. The van der Waals surface area contributed by atoms with E-state index < -0.39 is 5.97 Å². The Morgan fingerprint density at radius 3 is 2.56 bits per heavy atom. The highest BCUT2D eigenvalue weighted by molar-refractivity contribution is 9.10. The van der Waals surface area contributed by atoms with Crippen LogP contribution in [0.15, 0.2) is 22.7 Å². The minimum Gasteiger partial charge on any atom is -0.478 e. The van der Waals surface area contributed by atoms with Crippen molar-refractivity contribution in [3.63, 3.8) is 0 Å². The number of carboxylic acids is 1. The summed E-state index contributed by atoms with van der Waals surface area (Å²) < 4.78 is 0.881. The van der Waals surface area contributed by atoms with Crippen LogP contribution in [-0.4, -0.2) is 17.1 Å². The first-order valence-electron chi connectivity index (χ1n) is 6.19. The minimum absolute atomic E-state index is 0.264. The molecule has 0 aromatic heterocycles. The van der Waals surface area contributed by atoms with Crippen LogP contribution in [0.3, 0.4) is 0 Å². The molecule has 0 aliphatic carbocycles. The van der Waals surface area contributed by atoms with E-state index in [1.807, 2.05) is 6.07 Å². The van der Waals surface area contributed by atoms with Gasteiger partial charge in [-0.15, -0.1) is 0 Å². The van der Waals surface area contributed by atoms with E-state index in [1.54, 1.807) is 12.1 Å². The number of rotatable bonds is 6. The van der Waals surface area contributed by atoms with Crippen LogP contribution < -0.4 is 5.32 Å². The highest BCUT2D eigenvalue weighted by Crippen LogP contribution is 2.23. The van der Waals surface area contributed by atoms with Gasteiger partial charge < -0.3 is 10.4 Å². The molecular formula is C14H20BrNO2. The molecule has 0 saturated heterocycles. The smallest absolute Gasteiger partial charge is 0.337 e. The minimum atomic E-state index is -0.902. The Morgan fingerprint density at radius 2 is 2.00 bits per heavy atom. The summed E-state index contributed by atoms with van der Waals surface area (Å²) in [5, 5.41) is 12.4. The lowest BCUT2D eigenvalue weighted by molar-refractivity contribution is 0.0698. The SMILES string of the molecule is CC(C)CCC(C)Nc1cc(Br)ccc1C(=O)O. The van der Waals surface area contributed by atoms with Crippen LogP contribution in [0, 0.1) is 5.92 Å². The second kappa shape index (κ2) is 6.78. The average Bonchev–Trinajstić information content (AvgIpc) is 2.26. The van der Waals surface area contributed by atoms with Crippen molar-refractivity contribution in [1.82, 2.24) is 0 Å². The number of anilines is 1. The molecule has 100 valence electrons. The molecule has 0 aliphatic rings. The molecule has 0 amide bonds. The molecule has 0 fully saturated rings. The van der Waals surface area contributed by atoms with Gasteiger partial charge in [-0.3, -0.25) is 0 Å². The van der Waals surface area contributed by atoms with Gasteiger partial charge in [0, 0.05) is 10.5 Å². The molecule has 2 N–H and O–H groups in total. The lowest BCUT2D eigenvalue weighted by atomic mass is 10.0. The number of aromatic carboxylic acids is 1. The van der Waals surface area contributed by atoms with Crippen LogP contribution in [0.2, 0.25) is 0 Å². The van der Waals surface area contributed by atoms with Gasteiger partial charge >= 0.3 is 5.97 Å². The molecule has 4 heteroatoms. The van der Waals surface area contributed by atoms with Crippen molar-refractivity contribution in [2.75, 3.05) is 5.32 Å². The summed E-state index contributed by atoms with van der Waals surface area (Å²) in [6.07, 6.45) is 2.16. The zero-order valence-corrected chi connectivity index (χ0v) is 12.6. The molecular weight excluding hydrogens is 294 g/mol. The van der Waals surface area contributed by atoms with Crippen LogP contribution in [0.4, 0.5) is 5.69 Å². The third-order valence-electron chi connectivity index (χ3n) is 2.79. The molecule has 0 heterocycles. The van der Waals surface area contributed by atoms with Gasteiger partial charge in [0.2, 0.25) is 0 Å². The average molecular weight is 314 g/mol. The van der Waals surface area contributed by atoms with Crippen molar-refractivity contribution in [3.8, 4) is 0 Å². The first kappa shape index (κ1) is 15.0. The lowest BCUT2D eigenvalue weighted by Gasteiger charge is -2.18. The fraction of sp³-hybridized carbons (Fsp3) is 0.500. The third-order valence-corrected chi connectivity index (χ3v) is 3.28. The van der Waals surface area contributed by atoms with E-state index in [9.17, 15) is 4.79 Å². The number of hydrogen-bond acceptors (Lipinski definition) is 2. The van der Waals surface area contributed by atoms with E-state index >= 15 is 0 Å². The summed E-state index contributed by atoms with van der Waals surface area (Å²) in [6, 6.07) is 5.44. The highest BCUT2D eigenvalue weighted by atomic mass is 79.9. The predicted molar refractivity (Wildman–Crippen MR) is 78.3 cm³/mol. The zero-order valence-electron chi connectivity index (χ0n) is 11.0. The van der Waals surface area contributed by atoms with Crippen molar-refractivity contribution in [1.29, 1.82) is 0 Å². The van der Waals surface area contributed by atoms with E-state index in [-0.39, 0.29) is 6.04 Å². The maximum atomic E-state index is 11.1. The van der Waals surface area contributed by atoms with Crippen LogP contribution in [0.1, 0.15) is 44.0 Å². The quantitative estimate of drug-likeness (QED) is 0.819. The Balaban J connectivity index is 2.76. The van der Waals surface area contributed by atoms with Crippen LogP contribution in [0.5, 0.6) is 0 Å². The van der Waals surface area contributed by atoms with Gasteiger partial charge in [-0.2, -0.15) is 0 Å². The van der Waals surface area contributed by atoms with Crippen molar-refractivity contribution >= 4 is 27.6 Å².